The molecule has 0 radical (unpaired) electrons. The van der Waals surface area contributed by atoms with Gasteiger partial charge in [-0.2, -0.15) is 0 Å². The fourth-order valence-electron chi connectivity index (χ4n) is 3.53. The minimum absolute atomic E-state index is 0.0649. The first kappa shape index (κ1) is 15.2. The second-order valence-corrected chi connectivity index (χ2v) is 6.50. The van der Waals surface area contributed by atoms with E-state index in [9.17, 15) is 0 Å². The molecule has 3 aromatic carbocycles. The van der Waals surface area contributed by atoms with E-state index in [0.717, 1.165) is 12.3 Å². The average Bonchev–Trinajstić information content (AvgIpc) is 3.15. The predicted molar refractivity (Wildman–Crippen MR) is 99.4 cm³/mol. The van der Waals surface area contributed by atoms with Gasteiger partial charge in [-0.05, 0) is 42.9 Å². The number of nitrogens with zero attached hydrogens (tertiary/aromatic N) is 1. The Morgan fingerprint density at radius 2 is 1.50 bits per heavy atom. The molecule has 1 fully saturated rings. The zero-order valence-corrected chi connectivity index (χ0v) is 13.9. The first-order valence-corrected chi connectivity index (χ1v) is 8.82. The Balaban J connectivity index is 1.65. The highest BCUT2D eigenvalue weighted by Gasteiger charge is 2.21. The zero-order valence-electron chi connectivity index (χ0n) is 13.9. The van der Waals surface area contributed by atoms with Crippen molar-refractivity contribution < 1.29 is 4.74 Å². The minimum Gasteiger partial charge on any atom is -0.484 e. The van der Waals surface area contributed by atoms with Crippen molar-refractivity contribution in [3.63, 3.8) is 0 Å². The molecule has 0 unspecified atom stereocenters. The van der Waals surface area contributed by atoms with E-state index >= 15 is 0 Å². The third kappa shape index (κ3) is 3.29. The summed E-state index contributed by atoms with van der Waals surface area (Å²) in [6.45, 7) is 3.32. The average molecular weight is 317 g/mol. The van der Waals surface area contributed by atoms with Crippen molar-refractivity contribution in [1.29, 1.82) is 0 Å². The van der Waals surface area contributed by atoms with Gasteiger partial charge in [0.05, 0.1) is 0 Å². The van der Waals surface area contributed by atoms with Crippen LogP contribution in [-0.4, -0.2) is 24.5 Å². The Morgan fingerprint density at radius 1 is 0.792 bits per heavy atom. The molecule has 2 nitrogen and oxygen atoms in total. The molecule has 0 saturated carbocycles. The normalized spacial score (nSPS) is 16.3. The molecular formula is C22H23NO. The molecule has 122 valence electrons. The SMILES string of the molecule is c1ccc([C@@H](CN2CCCC2)Oc2cccc3ccccc23)cc1. The standard InChI is InChI=1S/C22H23NO/c1-2-10-19(11-3-1)22(17-23-15-6-7-16-23)24-21-14-8-12-18-9-4-5-13-20(18)21/h1-5,8-14,22H,6-7,15-17H2/t22-/m1/s1. The van der Waals surface area contributed by atoms with Gasteiger partial charge < -0.3 is 4.74 Å². The van der Waals surface area contributed by atoms with Gasteiger partial charge in [0, 0.05) is 11.9 Å². The molecule has 0 bridgehead atoms. The number of rotatable bonds is 5. The molecule has 3 aromatic rings. The Morgan fingerprint density at radius 3 is 2.33 bits per heavy atom. The predicted octanol–water partition coefficient (Wildman–Crippen LogP) is 5.06. The minimum atomic E-state index is 0.0649. The van der Waals surface area contributed by atoms with E-state index in [-0.39, 0.29) is 6.10 Å². The summed E-state index contributed by atoms with van der Waals surface area (Å²) in [5.74, 6) is 0.973. The van der Waals surface area contributed by atoms with Crippen molar-refractivity contribution >= 4 is 10.8 Å². The maximum atomic E-state index is 6.53. The van der Waals surface area contributed by atoms with E-state index in [2.05, 4.69) is 77.7 Å². The van der Waals surface area contributed by atoms with Crippen LogP contribution in [0.3, 0.4) is 0 Å². The second kappa shape index (κ2) is 7.06. The Labute approximate surface area is 143 Å². The summed E-state index contributed by atoms with van der Waals surface area (Å²) in [7, 11) is 0. The summed E-state index contributed by atoms with van der Waals surface area (Å²) in [5, 5.41) is 2.41. The van der Waals surface area contributed by atoms with Gasteiger partial charge in [0.1, 0.15) is 11.9 Å². The van der Waals surface area contributed by atoms with Gasteiger partial charge in [0.15, 0.2) is 0 Å². The molecule has 4 rings (SSSR count). The summed E-state index contributed by atoms with van der Waals surface area (Å²) < 4.78 is 6.53. The highest BCUT2D eigenvalue weighted by molar-refractivity contribution is 5.88. The lowest BCUT2D eigenvalue weighted by atomic mass is 10.1. The third-order valence-corrected chi connectivity index (χ3v) is 4.81. The first-order chi connectivity index (χ1) is 11.9. The number of hydrogen-bond acceptors (Lipinski definition) is 2. The monoisotopic (exact) mass is 317 g/mol. The van der Waals surface area contributed by atoms with E-state index in [1.54, 1.807) is 0 Å². The van der Waals surface area contributed by atoms with Crippen LogP contribution in [-0.2, 0) is 0 Å². The fourth-order valence-corrected chi connectivity index (χ4v) is 3.53. The van der Waals surface area contributed by atoms with Crippen molar-refractivity contribution in [2.75, 3.05) is 19.6 Å². The maximum Gasteiger partial charge on any atom is 0.136 e. The molecule has 2 heteroatoms. The third-order valence-electron chi connectivity index (χ3n) is 4.81. The summed E-state index contributed by atoms with van der Waals surface area (Å²) in [5.41, 5.74) is 1.25. The van der Waals surface area contributed by atoms with Crippen LogP contribution in [0.15, 0.2) is 72.8 Å². The lowest BCUT2D eigenvalue weighted by molar-refractivity contribution is 0.150. The van der Waals surface area contributed by atoms with Gasteiger partial charge in [-0.1, -0.05) is 66.7 Å². The van der Waals surface area contributed by atoms with Crippen molar-refractivity contribution in [2.45, 2.75) is 18.9 Å². The lowest BCUT2D eigenvalue weighted by Crippen LogP contribution is -2.28. The molecule has 1 aliphatic rings. The van der Waals surface area contributed by atoms with Crippen LogP contribution < -0.4 is 4.74 Å². The van der Waals surface area contributed by atoms with E-state index in [4.69, 9.17) is 4.74 Å². The highest BCUT2D eigenvalue weighted by atomic mass is 16.5. The number of hydrogen-bond donors (Lipinski definition) is 0. The van der Waals surface area contributed by atoms with Crippen LogP contribution in [0, 0.1) is 0 Å². The summed E-state index contributed by atoms with van der Waals surface area (Å²) in [6.07, 6.45) is 2.67. The molecule has 1 heterocycles. The van der Waals surface area contributed by atoms with Crippen molar-refractivity contribution in [2.24, 2.45) is 0 Å². The van der Waals surface area contributed by atoms with Crippen LogP contribution in [0.4, 0.5) is 0 Å². The maximum absolute atomic E-state index is 6.53. The Kier molecular flexibility index (Phi) is 4.48. The summed E-state index contributed by atoms with van der Waals surface area (Å²) in [6, 6.07) is 25.3. The van der Waals surface area contributed by atoms with Gasteiger partial charge >= 0.3 is 0 Å². The number of fused-ring (bicyclic) bond motifs is 1. The number of likely N-dealkylation sites (tertiary alicyclic amines) is 1. The van der Waals surface area contributed by atoms with Gasteiger partial charge in [0.2, 0.25) is 0 Å². The molecule has 0 spiro atoms. The molecule has 1 atom stereocenters. The molecule has 0 N–H and O–H groups in total. The largest absolute Gasteiger partial charge is 0.484 e. The summed E-state index contributed by atoms with van der Waals surface area (Å²) in [4.78, 5) is 2.52. The first-order valence-electron chi connectivity index (χ1n) is 8.82. The number of benzene rings is 3. The molecule has 0 aliphatic carbocycles. The van der Waals surface area contributed by atoms with Gasteiger partial charge in [-0.3, -0.25) is 4.90 Å². The van der Waals surface area contributed by atoms with Crippen molar-refractivity contribution in [3.05, 3.63) is 78.4 Å². The van der Waals surface area contributed by atoms with Gasteiger partial charge in [-0.25, -0.2) is 0 Å². The van der Waals surface area contributed by atoms with Crippen LogP contribution in [0.5, 0.6) is 5.75 Å². The second-order valence-electron chi connectivity index (χ2n) is 6.50. The van der Waals surface area contributed by atoms with E-state index in [1.165, 1.54) is 42.3 Å². The van der Waals surface area contributed by atoms with E-state index < -0.39 is 0 Å². The number of ether oxygens (including phenoxy) is 1. The highest BCUT2D eigenvalue weighted by Crippen LogP contribution is 2.30. The fraction of sp³-hybridized carbons (Fsp3) is 0.273. The van der Waals surface area contributed by atoms with Gasteiger partial charge in [-0.15, -0.1) is 0 Å². The van der Waals surface area contributed by atoms with Crippen molar-refractivity contribution in [1.82, 2.24) is 4.90 Å². The molecule has 0 amide bonds. The summed E-state index contributed by atoms with van der Waals surface area (Å²) >= 11 is 0. The van der Waals surface area contributed by atoms with Crippen LogP contribution in [0.2, 0.25) is 0 Å². The quantitative estimate of drug-likeness (QED) is 0.652. The molecule has 24 heavy (non-hydrogen) atoms. The molecular weight excluding hydrogens is 294 g/mol. The van der Waals surface area contributed by atoms with Crippen LogP contribution >= 0.6 is 0 Å². The molecule has 0 aromatic heterocycles. The van der Waals surface area contributed by atoms with Gasteiger partial charge in [0.25, 0.3) is 0 Å². The van der Waals surface area contributed by atoms with E-state index in [0.29, 0.717) is 0 Å². The zero-order chi connectivity index (χ0) is 16.2. The Hall–Kier alpha value is -2.32. The Bertz CT molecular complexity index is 788. The van der Waals surface area contributed by atoms with Crippen LogP contribution in [0.1, 0.15) is 24.5 Å². The topological polar surface area (TPSA) is 12.5 Å². The van der Waals surface area contributed by atoms with Crippen molar-refractivity contribution in [3.8, 4) is 5.75 Å². The van der Waals surface area contributed by atoms with E-state index in [1.807, 2.05) is 0 Å². The molecule has 1 aliphatic heterocycles. The molecule has 1 saturated heterocycles. The smallest absolute Gasteiger partial charge is 0.136 e. The lowest BCUT2D eigenvalue weighted by Gasteiger charge is -2.25. The van der Waals surface area contributed by atoms with Crippen LogP contribution in [0.25, 0.3) is 10.8 Å².